The second-order valence-electron chi connectivity index (χ2n) is 4.91. The molecule has 0 spiro atoms. The number of aryl methyl sites for hydroxylation is 1. The summed E-state index contributed by atoms with van der Waals surface area (Å²) >= 11 is 3.37. The molecule has 2 aromatic rings. The van der Waals surface area contributed by atoms with E-state index in [-0.39, 0.29) is 11.6 Å². The molecule has 0 aliphatic carbocycles. The Labute approximate surface area is 141 Å². The topological polar surface area (TPSA) is 84.6 Å². The molecule has 0 atom stereocenters. The van der Waals surface area contributed by atoms with Gasteiger partial charge in [-0.3, -0.25) is 14.9 Å². The second-order valence-corrected chi connectivity index (χ2v) is 5.76. The van der Waals surface area contributed by atoms with Crippen molar-refractivity contribution < 1.29 is 9.72 Å². The normalized spacial score (nSPS) is 11.2. The molecule has 0 aliphatic heterocycles. The second kappa shape index (κ2) is 7.15. The fraction of sp³-hybridized carbons (Fsp3) is 0.125. The molecular weight excluding hydrogens is 362 g/mol. The Kier molecular flexibility index (Phi) is 5.23. The van der Waals surface area contributed by atoms with E-state index in [4.69, 9.17) is 0 Å². The number of non-ortho nitro benzene ring substituents is 1. The summed E-state index contributed by atoms with van der Waals surface area (Å²) in [6.45, 7) is 3.60. The molecule has 2 rings (SSSR count). The van der Waals surface area contributed by atoms with Crippen molar-refractivity contribution in [2.45, 2.75) is 13.8 Å². The van der Waals surface area contributed by atoms with Gasteiger partial charge in [0.2, 0.25) is 0 Å². The third kappa shape index (κ3) is 4.23. The Bertz CT molecular complexity index is 803. The van der Waals surface area contributed by atoms with Crippen molar-refractivity contribution >= 4 is 33.2 Å². The molecule has 2 aromatic carbocycles. The van der Waals surface area contributed by atoms with Gasteiger partial charge in [-0.25, -0.2) is 5.43 Å². The first-order valence-electron chi connectivity index (χ1n) is 6.74. The van der Waals surface area contributed by atoms with Crippen LogP contribution in [-0.2, 0) is 0 Å². The fourth-order valence-corrected chi connectivity index (χ4v) is 2.22. The smallest absolute Gasteiger partial charge is 0.267 e. The number of carbonyl (C=O) groups is 1. The molecule has 1 N–H and O–H groups in total. The van der Waals surface area contributed by atoms with Crippen molar-refractivity contribution in [2.24, 2.45) is 5.10 Å². The van der Waals surface area contributed by atoms with E-state index >= 15 is 0 Å². The van der Waals surface area contributed by atoms with Crippen molar-refractivity contribution in [1.82, 2.24) is 5.43 Å². The number of halogens is 1. The van der Waals surface area contributed by atoms with Crippen LogP contribution >= 0.6 is 15.9 Å². The van der Waals surface area contributed by atoms with E-state index in [0.29, 0.717) is 16.8 Å². The van der Waals surface area contributed by atoms with E-state index in [1.807, 2.05) is 13.0 Å². The third-order valence-electron chi connectivity index (χ3n) is 3.23. The lowest BCUT2D eigenvalue weighted by Gasteiger charge is -2.05. The Hall–Kier alpha value is -2.54. The largest absolute Gasteiger partial charge is 0.271 e. The quantitative estimate of drug-likeness (QED) is 0.500. The molecule has 118 valence electrons. The Balaban J connectivity index is 2.15. The summed E-state index contributed by atoms with van der Waals surface area (Å²) in [5.41, 5.74) is 4.98. The molecule has 0 fully saturated rings. The van der Waals surface area contributed by atoms with Crippen molar-refractivity contribution in [2.75, 3.05) is 0 Å². The first kappa shape index (κ1) is 16.8. The minimum absolute atomic E-state index is 0.0224. The molecular formula is C16H14BrN3O3. The number of nitro groups is 1. The lowest BCUT2D eigenvalue weighted by atomic mass is 10.1. The number of hydrogen-bond donors (Lipinski definition) is 1. The highest BCUT2D eigenvalue weighted by Gasteiger charge is 2.09. The predicted octanol–water partition coefficient (Wildman–Crippen LogP) is 3.82. The molecule has 0 unspecified atom stereocenters. The summed E-state index contributed by atoms with van der Waals surface area (Å²) in [7, 11) is 0. The Morgan fingerprint density at radius 2 is 1.96 bits per heavy atom. The van der Waals surface area contributed by atoms with E-state index in [9.17, 15) is 14.9 Å². The highest BCUT2D eigenvalue weighted by molar-refractivity contribution is 9.10. The summed E-state index contributed by atoms with van der Waals surface area (Å²) in [5.74, 6) is -0.351. The summed E-state index contributed by atoms with van der Waals surface area (Å²) < 4.78 is 0.838. The SMILES string of the molecule is CC(=NNC(=O)c1ccc(C)c(Br)c1)c1cccc([N+](=O)[O-])c1. The van der Waals surface area contributed by atoms with Gasteiger partial charge in [0.15, 0.2) is 0 Å². The Morgan fingerprint density at radius 1 is 1.22 bits per heavy atom. The maximum atomic E-state index is 12.1. The van der Waals surface area contributed by atoms with Crippen molar-refractivity contribution in [3.63, 3.8) is 0 Å². The van der Waals surface area contributed by atoms with Crippen LogP contribution in [0, 0.1) is 17.0 Å². The summed E-state index contributed by atoms with van der Waals surface area (Å²) in [6, 6.07) is 11.3. The zero-order valence-corrected chi connectivity index (χ0v) is 14.1. The third-order valence-corrected chi connectivity index (χ3v) is 4.09. The molecule has 0 saturated carbocycles. The van der Waals surface area contributed by atoms with Gasteiger partial charge >= 0.3 is 0 Å². The van der Waals surface area contributed by atoms with Gasteiger partial charge in [0.05, 0.1) is 10.6 Å². The molecule has 6 nitrogen and oxygen atoms in total. The number of nitrogens with one attached hydrogen (secondary N) is 1. The number of carbonyl (C=O) groups excluding carboxylic acids is 1. The first-order valence-corrected chi connectivity index (χ1v) is 7.53. The molecule has 7 heteroatoms. The lowest BCUT2D eigenvalue weighted by Crippen LogP contribution is -2.19. The predicted molar refractivity (Wildman–Crippen MR) is 91.7 cm³/mol. The van der Waals surface area contributed by atoms with Crippen LogP contribution in [0.4, 0.5) is 5.69 Å². The molecule has 0 heterocycles. The molecule has 0 saturated heterocycles. The summed E-state index contributed by atoms with van der Waals surface area (Å²) in [6.07, 6.45) is 0. The number of benzene rings is 2. The number of rotatable bonds is 4. The monoisotopic (exact) mass is 375 g/mol. The van der Waals surface area contributed by atoms with E-state index < -0.39 is 4.92 Å². The number of amides is 1. The Morgan fingerprint density at radius 3 is 2.61 bits per heavy atom. The van der Waals surface area contributed by atoms with Crippen molar-refractivity contribution in [3.8, 4) is 0 Å². The zero-order chi connectivity index (χ0) is 17.0. The highest BCUT2D eigenvalue weighted by Crippen LogP contribution is 2.17. The lowest BCUT2D eigenvalue weighted by molar-refractivity contribution is -0.384. The van der Waals surface area contributed by atoms with Gasteiger partial charge in [0.25, 0.3) is 11.6 Å². The van der Waals surface area contributed by atoms with Gasteiger partial charge in [-0.1, -0.05) is 34.1 Å². The van der Waals surface area contributed by atoms with Crippen LogP contribution in [0.3, 0.4) is 0 Å². The number of nitro benzene ring substituents is 1. The van der Waals surface area contributed by atoms with Crippen LogP contribution in [0.25, 0.3) is 0 Å². The number of hydrogen-bond acceptors (Lipinski definition) is 4. The van der Waals surface area contributed by atoms with Crippen LogP contribution in [-0.4, -0.2) is 16.5 Å². The van der Waals surface area contributed by atoms with Crippen LogP contribution in [0.1, 0.15) is 28.4 Å². The van der Waals surface area contributed by atoms with Gasteiger partial charge in [0.1, 0.15) is 0 Å². The van der Waals surface area contributed by atoms with Gasteiger partial charge < -0.3 is 0 Å². The highest BCUT2D eigenvalue weighted by atomic mass is 79.9. The van der Waals surface area contributed by atoms with Crippen LogP contribution in [0.5, 0.6) is 0 Å². The van der Waals surface area contributed by atoms with E-state index in [1.54, 1.807) is 31.2 Å². The van der Waals surface area contributed by atoms with E-state index in [2.05, 4.69) is 26.5 Å². The van der Waals surface area contributed by atoms with E-state index in [0.717, 1.165) is 10.0 Å². The van der Waals surface area contributed by atoms with Gasteiger partial charge in [-0.15, -0.1) is 0 Å². The average Bonchev–Trinajstić information content (AvgIpc) is 2.54. The first-order chi connectivity index (χ1) is 10.9. The maximum absolute atomic E-state index is 12.1. The molecule has 0 radical (unpaired) electrons. The summed E-state index contributed by atoms with van der Waals surface area (Å²) in [5, 5.41) is 14.8. The van der Waals surface area contributed by atoms with Crippen molar-refractivity contribution in [3.05, 3.63) is 73.7 Å². The number of hydrazone groups is 1. The molecule has 23 heavy (non-hydrogen) atoms. The van der Waals surface area contributed by atoms with Gasteiger partial charge in [0, 0.05) is 27.7 Å². The molecule has 0 bridgehead atoms. The minimum Gasteiger partial charge on any atom is -0.267 e. The molecule has 1 amide bonds. The van der Waals surface area contributed by atoms with Crippen LogP contribution < -0.4 is 5.43 Å². The standard InChI is InChI=1S/C16H14BrN3O3/c1-10-6-7-13(9-15(10)17)16(21)19-18-11(2)12-4-3-5-14(8-12)20(22)23/h3-9H,1-2H3,(H,19,21). The molecule has 0 aromatic heterocycles. The van der Waals surface area contributed by atoms with E-state index in [1.165, 1.54) is 12.1 Å². The fourth-order valence-electron chi connectivity index (χ4n) is 1.84. The average molecular weight is 376 g/mol. The van der Waals surface area contributed by atoms with Gasteiger partial charge in [-0.2, -0.15) is 5.10 Å². The molecule has 0 aliphatic rings. The number of nitrogens with zero attached hydrogens (tertiary/aromatic N) is 2. The van der Waals surface area contributed by atoms with Crippen molar-refractivity contribution in [1.29, 1.82) is 0 Å². The zero-order valence-electron chi connectivity index (χ0n) is 12.5. The maximum Gasteiger partial charge on any atom is 0.271 e. The summed E-state index contributed by atoms with van der Waals surface area (Å²) in [4.78, 5) is 22.4. The van der Waals surface area contributed by atoms with Crippen LogP contribution in [0.15, 0.2) is 52.0 Å². The van der Waals surface area contributed by atoms with Gasteiger partial charge in [-0.05, 0) is 31.5 Å². The van der Waals surface area contributed by atoms with Crippen LogP contribution in [0.2, 0.25) is 0 Å². The minimum atomic E-state index is -0.473.